The maximum atomic E-state index is 12.2. The summed E-state index contributed by atoms with van der Waals surface area (Å²) < 4.78 is 24.2. The Labute approximate surface area is 66.9 Å². The summed E-state index contributed by atoms with van der Waals surface area (Å²) in [5.41, 5.74) is -0.0926. The highest BCUT2D eigenvalue weighted by Crippen LogP contribution is 2.14. The lowest BCUT2D eigenvalue weighted by molar-refractivity contribution is 0.613. The highest BCUT2D eigenvalue weighted by Gasteiger charge is 1.98. The molecule has 0 N–H and O–H groups in total. The molecule has 0 saturated carbocycles. The Morgan fingerprint density at radius 3 is 1.73 bits per heavy atom. The number of hydrogen-bond donors (Lipinski definition) is 0. The van der Waals surface area contributed by atoms with Crippen molar-refractivity contribution in [1.82, 2.24) is 0 Å². The number of hydrogen-bond acceptors (Lipinski definition) is 0. The van der Waals surface area contributed by atoms with Gasteiger partial charge in [0.1, 0.15) is 11.7 Å². The molecule has 0 aromatic heterocycles. The van der Waals surface area contributed by atoms with Crippen molar-refractivity contribution in [2.75, 3.05) is 0 Å². The fourth-order valence-electron chi connectivity index (χ4n) is 0.283. The zero-order valence-corrected chi connectivity index (χ0v) is 7.25. The van der Waals surface area contributed by atoms with Crippen LogP contribution in [0.25, 0.3) is 0 Å². The first-order valence-electron chi connectivity index (χ1n) is 3.43. The lowest BCUT2D eigenvalue weighted by Crippen LogP contribution is -1.77. The Morgan fingerprint density at radius 2 is 1.64 bits per heavy atom. The van der Waals surface area contributed by atoms with Crippen molar-refractivity contribution in [2.45, 2.75) is 20.8 Å². The molecule has 0 unspecified atom stereocenters. The Morgan fingerprint density at radius 1 is 1.27 bits per heavy atom. The normalized spacial score (nSPS) is 10.6. The van der Waals surface area contributed by atoms with Gasteiger partial charge >= 0.3 is 0 Å². The van der Waals surface area contributed by atoms with Gasteiger partial charge in [-0.1, -0.05) is 27.0 Å². The van der Waals surface area contributed by atoms with Crippen molar-refractivity contribution in [3.8, 4) is 0 Å². The molecule has 0 nitrogen and oxygen atoms in total. The summed E-state index contributed by atoms with van der Waals surface area (Å²) >= 11 is 0. The quantitative estimate of drug-likeness (QED) is 0.537. The van der Waals surface area contributed by atoms with Crippen molar-refractivity contribution in [3.05, 3.63) is 36.5 Å². The molecule has 0 amide bonds. The molecule has 0 aromatic rings. The van der Waals surface area contributed by atoms with Crippen LogP contribution in [0.3, 0.4) is 0 Å². The van der Waals surface area contributed by atoms with Crippen LogP contribution in [0.4, 0.5) is 8.78 Å². The van der Waals surface area contributed by atoms with Crippen LogP contribution in [0.5, 0.6) is 0 Å². The predicted octanol–water partition coefficient (Wildman–Crippen LogP) is 3.93. The zero-order valence-electron chi connectivity index (χ0n) is 7.25. The van der Waals surface area contributed by atoms with E-state index in [-0.39, 0.29) is 5.57 Å². The smallest absolute Gasteiger partial charge is 0.128 e. The fraction of sp³-hybridized carbons (Fsp3) is 0.333. The molecule has 2 heteroatoms. The zero-order chi connectivity index (χ0) is 9.44. The second kappa shape index (κ2) is 7.19. The van der Waals surface area contributed by atoms with Crippen LogP contribution in [0.2, 0.25) is 0 Å². The van der Waals surface area contributed by atoms with Crippen molar-refractivity contribution < 1.29 is 8.78 Å². The molecule has 0 aliphatic heterocycles. The second-order valence-electron chi connectivity index (χ2n) is 1.58. The highest BCUT2D eigenvalue weighted by atomic mass is 19.1. The molecule has 0 spiro atoms. The molecule has 0 saturated heterocycles. The average Bonchev–Trinajstić information content (AvgIpc) is 2.05. The maximum absolute atomic E-state index is 12.2. The molecule has 64 valence electrons. The molecule has 0 aliphatic rings. The molecule has 0 bridgehead atoms. The van der Waals surface area contributed by atoms with E-state index in [1.807, 2.05) is 13.8 Å². The molecular weight excluding hydrogens is 146 g/mol. The molecular formula is C9H14F2. The summed E-state index contributed by atoms with van der Waals surface area (Å²) in [6.45, 7) is 11.3. The Kier molecular flexibility index (Phi) is 8.32. The van der Waals surface area contributed by atoms with E-state index in [0.717, 1.165) is 6.08 Å². The van der Waals surface area contributed by atoms with E-state index in [1.165, 1.54) is 6.92 Å². The lowest BCUT2D eigenvalue weighted by Gasteiger charge is -1.93. The third kappa shape index (κ3) is 5.52. The van der Waals surface area contributed by atoms with Crippen LogP contribution < -0.4 is 0 Å². The molecule has 0 aromatic carbocycles. The summed E-state index contributed by atoms with van der Waals surface area (Å²) in [4.78, 5) is 0. The molecule has 0 rings (SSSR count). The second-order valence-corrected chi connectivity index (χ2v) is 1.58. The molecule has 0 fully saturated rings. The van der Waals surface area contributed by atoms with Gasteiger partial charge in [-0.25, -0.2) is 8.78 Å². The van der Waals surface area contributed by atoms with Gasteiger partial charge < -0.3 is 0 Å². The van der Waals surface area contributed by atoms with E-state index in [0.29, 0.717) is 0 Å². The van der Waals surface area contributed by atoms with Gasteiger partial charge in [0.05, 0.1) is 0 Å². The van der Waals surface area contributed by atoms with Crippen LogP contribution in [0, 0.1) is 0 Å². The van der Waals surface area contributed by atoms with Gasteiger partial charge in [-0.05, 0) is 13.0 Å². The van der Waals surface area contributed by atoms with Gasteiger partial charge in [0.15, 0.2) is 0 Å². The van der Waals surface area contributed by atoms with Crippen LogP contribution >= 0.6 is 0 Å². The Balaban J connectivity index is 0. The molecule has 0 atom stereocenters. The summed E-state index contributed by atoms with van der Waals surface area (Å²) in [6, 6.07) is 0. The molecule has 11 heavy (non-hydrogen) atoms. The SMILES string of the molecule is C=C/C(F)=C(/C)C(=C)F.CC. The maximum Gasteiger partial charge on any atom is 0.128 e. The van der Waals surface area contributed by atoms with E-state index in [4.69, 9.17) is 0 Å². The summed E-state index contributed by atoms with van der Waals surface area (Å²) in [6.07, 6.45) is 0.945. The highest BCUT2D eigenvalue weighted by molar-refractivity contribution is 5.28. The molecule has 0 radical (unpaired) electrons. The van der Waals surface area contributed by atoms with E-state index in [2.05, 4.69) is 13.2 Å². The van der Waals surface area contributed by atoms with E-state index in [1.54, 1.807) is 0 Å². The van der Waals surface area contributed by atoms with Gasteiger partial charge in [0.2, 0.25) is 0 Å². The van der Waals surface area contributed by atoms with Gasteiger partial charge in [0.25, 0.3) is 0 Å². The summed E-state index contributed by atoms with van der Waals surface area (Å²) in [5, 5.41) is 0. The van der Waals surface area contributed by atoms with Gasteiger partial charge in [-0.15, -0.1) is 0 Å². The van der Waals surface area contributed by atoms with Crippen LogP contribution in [-0.4, -0.2) is 0 Å². The standard InChI is InChI=1S/C7H8F2.C2H6/c1-4-7(9)5(2)6(3)8;1-2/h4H,1,3H2,2H3;1-2H3/b7-5+;. The third-order valence-electron chi connectivity index (χ3n) is 0.944. The molecule has 0 aliphatic carbocycles. The Bertz CT molecular complexity index is 166. The minimum atomic E-state index is -0.757. The molecule has 0 heterocycles. The summed E-state index contributed by atoms with van der Waals surface area (Å²) in [5.74, 6) is -1.42. The van der Waals surface area contributed by atoms with Gasteiger partial charge in [-0.2, -0.15) is 0 Å². The fourth-order valence-corrected chi connectivity index (χ4v) is 0.283. The number of rotatable bonds is 2. The number of allylic oxidation sites excluding steroid dienone is 4. The monoisotopic (exact) mass is 160 g/mol. The first-order valence-corrected chi connectivity index (χ1v) is 3.43. The van der Waals surface area contributed by atoms with Crippen LogP contribution in [0.1, 0.15) is 20.8 Å². The third-order valence-corrected chi connectivity index (χ3v) is 0.944. The topological polar surface area (TPSA) is 0 Å². The van der Waals surface area contributed by atoms with Gasteiger partial charge in [-0.3, -0.25) is 0 Å². The van der Waals surface area contributed by atoms with E-state index in [9.17, 15) is 8.78 Å². The van der Waals surface area contributed by atoms with Gasteiger partial charge in [0, 0.05) is 5.57 Å². The lowest BCUT2D eigenvalue weighted by atomic mass is 10.2. The number of halogens is 2. The average molecular weight is 160 g/mol. The van der Waals surface area contributed by atoms with Crippen LogP contribution in [0.15, 0.2) is 36.5 Å². The minimum Gasteiger partial charge on any atom is -0.207 e. The van der Waals surface area contributed by atoms with Crippen LogP contribution in [-0.2, 0) is 0 Å². The first-order chi connectivity index (χ1) is 5.09. The van der Waals surface area contributed by atoms with Crippen molar-refractivity contribution in [2.24, 2.45) is 0 Å². The Hall–Kier alpha value is -0.920. The van der Waals surface area contributed by atoms with Crippen molar-refractivity contribution >= 4 is 0 Å². The van der Waals surface area contributed by atoms with E-state index >= 15 is 0 Å². The predicted molar refractivity (Wildman–Crippen MR) is 45.6 cm³/mol. The minimum absolute atomic E-state index is 0.0926. The van der Waals surface area contributed by atoms with E-state index < -0.39 is 11.7 Å². The first kappa shape index (κ1) is 12.7. The van der Waals surface area contributed by atoms with Crippen molar-refractivity contribution in [1.29, 1.82) is 0 Å². The summed E-state index contributed by atoms with van der Waals surface area (Å²) in [7, 11) is 0. The largest absolute Gasteiger partial charge is 0.207 e. The van der Waals surface area contributed by atoms with Crippen molar-refractivity contribution in [3.63, 3.8) is 0 Å².